The first-order chi connectivity index (χ1) is 11.5. The van der Waals surface area contributed by atoms with E-state index in [1.54, 1.807) is 0 Å². The summed E-state index contributed by atoms with van der Waals surface area (Å²) in [7, 11) is 0. The van der Waals surface area contributed by atoms with Gasteiger partial charge >= 0.3 is 10.8 Å². The quantitative estimate of drug-likeness (QED) is 0.454. The van der Waals surface area contributed by atoms with Gasteiger partial charge in [-0.1, -0.05) is 11.3 Å². The van der Waals surface area contributed by atoms with E-state index in [-0.39, 0.29) is 10.6 Å². The molecule has 0 fully saturated rings. The maximum Gasteiger partial charge on any atom is 0.352 e. The summed E-state index contributed by atoms with van der Waals surface area (Å²) in [6, 6.07) is 5.16. The minimum atomic E-state index is -1.06. The number of carbonyl (C=O) groups is 1. The third-order valence-corrected chi connectivity index (χ3v) is 4.76. The van der Waals surface area contributed by atoms with Crippen molar-refractivity contribution in [1.82, 2.24) is 19.9 Å². The standard InChI is InChI=1S/C15H11N5O3S/c1-6-8(2-3-9-11(6)24-15(23)20-9)18-12-7-4-10(14(21)22)19-13(7)17-5-16-12/h2-5H,1H3,(H,20,23)(H,21,22)(H2,16,17,18,19). The predicted molar refractivity (Wildman–Crippen MR) is 91.3 cm³/mol. The average Bonchev–Trinajstić information content (AvgIpc) is 3.14. The highest BCUT2D eigenvalue weighted by molar-refractivity contribution is 7.16. The Balaban J connectivity index is 1.83. The molecule has 3 heterocycles. The van der Waals surface area contributed by atoms with Crippen molar-refractivity contribution in [3.05, 3.63) is 45.5 Å². The largest absolute Gasteiger partial charge is 0.477 e. The van der Waals surface area contributed by atoms with Crippen LogP contribution in [0.2, 0.25) is 0 Å². The first-order valence-corrected chi connectivity index (χ1v) is 7.81. The number of aromatic amines is 2. The molecule has 0 atom stereocenters. The number of aryl methyl sites for hydroxylation is 1. The molecule has 1 aromatic carbocycles. The number of rotatable bonds is 3. The maximum atomic E-state index is 11.5. The molecule has 4 aromatic rings. The summed E-state index contributed by atoms with van der Waals surface area (Å²) >= 11 is 1.15. The van der Waals surface area contributed by atoms with Crippen LogP contribution in [0, 0.1) is 6.92 Å². The van der Waals surface area contributed by atoms with Gasteiger partial charge in [-0.15, -0.1) is 0 Å². The zero-order valence-electron chi connectivity index (χ0n) is 12.4. The first kappa shape index (κ1) is 14.4. The summed E-state index contributed by atoms with van der Waals surface area (Å²) in [6.07, 6.45) is 1.36. The lowest BCUT2D eigenvalue weighted by molar-refractivity contribution is 0.0691. The SMILES string of the molecule is Cc1c(Nc2ncnc3[nH]c(C(=O)O)cc23)ccc2[nH]c(=O)sc12. The van der Waals surface area contributed by atoms with Crippen molar-refractivity contribution in [2.75, 3.05) is 5.32 Å². The molecule has 0 saturated heterocycles. The van der Waals surface area contributed by atoms with Gasteiger partial charge in [-0.25, -0.2) is 14.8 Å². The highest BCUT2D eigenvalue weighted by atomic mass is 32.1. The zero-order chi connectivity index (χ0) is 16.8. The maximum absolute atomic E-state index is 11.5. The van der Waals surface area contributed by atoms with Gasteiger partial charge in [0, 0.05) is 5.69 Å². The number of nitrogens with one attached hydrogen (secondary N) is 3. The van der Waals surface area contributed by atoms with Crippen LogP contribution in [0.25, 0.3) is 21.3 Å². The summed E-state index contributed by atoms with van der Waals surface area (Å²) < 4.78 is 0.871. The molecule has 24 heavy (non-hydrogen) atoms. The number of carboxylic acid groups (broad SMARTS) is 1. The van der Waals surface area contributed by atoms with Crippen molar-refractivity contribution in [3.8, 4) is 0 Å². The van der Waals surface area contributed by atoms with Gasteiger partial charge in [-0.05, 0) is 30.7 Å². The first-order valence-electron chi connectivity index (χ1n) is 6.99. The van der Waals surface area contributed by atoms with Crippen molar-refractivity contribution in [3.63, 3.8) is 0 Å². The molecular formula is C15H11N5O3S. The van der Waals surface area contributed by atoms with E-state index in [9.17, 15) is 9.59 Å². The minimum absolute atomic E-state index is 0.0459. The number of anilines is 2. The molecule has 0 spiro atoms. The van der Waals surface area contributed by atoms with Gasteiger partial charge < -0.3 is 20.4 Å². The van der Waals surface area contributed by atoms with Crippen LogP contribution in [-0.2, 0) is 0 Å². The Labute approximate surface area is 138 Å². The summed E-state index contributed by atoms with van der Waals surface area (Å²) in [5.74, 6) is -0.567. The Morgan fingerprint density at radius 2 is 2.12 bits per heavy atom. The number of benzene rings is 1. The van der Waals surface area contributed by atoms with E-state index in [1.807, 2.05) is 19.1 Å². The van der Waals surface area contributed by atoms with Crippen LogP contribution in [0.15, 0.2) is 29.3 Å². The fraction of sp³-hybridized carbons (Fsp3) is 0.0667. The second-order valence-electron chi connectivity index (χ2n) is 5.23. The molecule has 9 heteroatoms. The molecule has 0 unspecified atom stereocenters. The van der Waals surface area contributed by atoms with Crippen LogP contribution in [0.4, 0.5) is 11.5 Å². The van der Waals surface area contributed by atoms with Crippen molar-refractivity contribution >= 4 is 50.1 Å². The highest BCUT2D eigenvalue weighted by Crippen LogP contribution is 2.30. The molecule has 0 aliphatic rings. The van der Waals surface area contributed by atoms with E-state index < -0.39 is 5.97 Å². The Bertz CT molecular complexity index is 1160. The number of nitrogens with zero attached hydrogens (tertiary/aromatic N) is 2. The predicted octanol–water partition coefficient (Wildman–Crippen LogP) is 2.61. The van der Waals surface area contributed by atoms with Gasteiger partial charge in [-0.2, -0.15) is 0 Å². The second-order valence-corrected chi connectivity index (χ2v) is 6.21. The molecule has 0 bridgehead atoms. The number of thiazole rings is 1. The molecule has 0 saturated carbocycles. The van der Waals surface area contributed by atoms with Gasteiger partial charge in [0.25, 0.3) is 0 Å². The van der Waals surface area contributed by atoms with Crippen LogP contribution in [0.5, 0.6) is 0 Å². The van der Waals surface area contributed by atoms with Crippen LogP contribution in [-0.4, -0.2) is 31.0 Å². The van der Waals surface area contributed by atoms with E-state index in [1.165, 1.54) is 12.4 Å². The van der Waals surface area contributed by atoms with Crippen LogP contribution in [0.1, 0.15) is 16.1 Å². The van der Waals surface area contributed by atoms with Crippen molar-refractivity contribution < 1.29 is 9.90 Å². The van der Waals surface area contributed by atoms with Gasteiger partial charge in [0.2, 0.25) is 0 Å². The molecule has 0 radical (unpaired) electrons. The molecular weight excluding hydrogens is 330 g/mol. The normalized spacial score (nSPS) is 11.2. The number of H-pyrrole nitrogens is 2. The summed E-state index contributed by atoms with van der Waals surface area (Å²) in [4.78, 5) is 36.3. The molecule has 120 valence electrons. The van der Waals surface area contributed by atoms with E-state index in [2.05, 4.69) is 25.3 Å². The molecule has 3 aromatic heterocycles. The van der Waals surface area contributed by atoms with Crippen LogP contribution in [0.3, 0.4) is 0 Å². The number of carboxylic acids is 1. The molecule has 0 aliphatic carbocycles. The number of aromatic nitrogens is 4. The lowest BCUT2D eigenvalue weighted by Crippen LogP contribution is -1.97. The molecule has 4 N–H and O–H groups in total. The highest BCUT2D eigenvalue weighted by Gasteiger charge is 2.14. The Morgan fingerprint density at radius 3 is 2.92 bits per heavy atom. The lowest BCUT2D eigenvalue weighted by atomic mass is 10.2. The zero-order valence-corrected chi connectivity index (χ0v) is 13.2. The topological polar surface area (TPSA) is 124 Å². The fourth-order valence-electron chi connectivity index (χ4n) is 2.57. The van der Waals surface area contributed by atoms with Crippen molar-refractivity contribution in [1.29, 1.82) is 0 Å². The number of hydrogen-bond donors (Lipinski definition) is 4. The van der Waals surface area contributed by atoms with Crippen molar-refractivity contribution in [2.45, 2.75) is 6.92 Å². The van der Waals surface area contributed by atoms with Gasteiger partial charge in [0.1, 0.15) is 23.5 Å². The van der Waals surface area contributed by atoms with E-state index in [4.69, 9.17) is 5.11 Å². The monoisotopic (exact) mass is 341 g/mol. The summed E-state index contributed by atoms with van der Waals surface area (Å²) in [5, 5.41) is 12.9. The second kappa shape index (κ2) is 5.17. The van der Waals surface area contributed by atoms with Crippen molar-refractivity contribution in [2.24, 2.45) is 0 Å². The summed E-state index contributed by atoms with van der Waals surface area (Å²) in [6.45, 7) is 1.91. The third kappa shape index (κ3) is 2.22. The lowest BCUT2D eigenvalue weighted by Gasteiger charge is -2.09. The Kier molecular flexibility index (Phi) is 3.10. The van der Waals surface area contributed by atoms with E-state index >= 15 is 0 Å². The molecule has 0 aliphatic heterocycles. The minimum Gasteiger partial charge on any atom is -0.477 e. The third-order valence-electron chi connectivity index (χ3n) is 3.75. The molecule has 0 amide bonds. The number of hydrogen-bond acceptors (Lipinski definition) is 6. The fourth-order valence-corrected chi connectivity index (χ4v) is 3.41. The van der Waals surface area contributed by atoms with E-state index in [0.29, 0.717) is 16.9 Å². The number of aromatic carboxylic acids is 1. The Morgan fingerprint density at radius 1 is 1.29 bits per heavy atom. The molecule has 8 nitrogen and oxygen atoms in total. The average molecular weight is 341 g/mol. The van der Waals surface area contributed by atoms with Gasteiger partial charge in [0.15, 0.2) is 0 Å². The van der Waals surface area contributed by atoms with Gasteiger partial charge in [0.05, 0.1) is 15.6 Å². The smallest absolute Gasteiger partial charge is 0.352 e. The number of fused-ring (bicyclic) bond motifs is 2. The van der Waals surface area contributed by atoms with E-state index in [0.717, 1.165) is 32.8 Å². The van der Waals surface area contributed by atoms with Crippen LogP contribution < -0.4 is 10.2 Å². The van der Waals surface area contributed by atoms with Gasteiger partial charge in [-0.3, -0.25) is 4.79 Å². The summed E-state index contributed by atoms with van der Waals surface area (Å²) in [5.41, 5.74) is 2.97. The van der Waals surface area contributed by atoms with Crippen LogP contribution >= 0.6 is 11.3 Å². The molecule has 4 rings (SSSR count). The Hall–Kier alpha value is -3.20.